The van der Waals surface area contributed by atoms with E-state index in [2.05, 4.69) is 398 Å². The van der Waals surface area contributed by atoms with Crippen LogP contribution in [0.15, 0.2) is 303 Å². The summed E-state index contributed by atoms with van der Waals surface area (Å²) in [5, 5.41) is 0. The lowest BCUT2D eigenvalue weighted by Gasteiger charge is -2.12. The van der Waals surface area contributed by atoms with Crippen molar-refractivity contribution in [1.82, 2.24) is 0 Å². The largest absolute Gasteiger partial charge is 0.129 e. The van der Waals surface area contributed by atoms with Crippen molar-refractivity contribution in [2.75, 3.05) is 0 Å². The van der Waals surface area contributed by atoms with Crippen LogP contribution in [0.2, 0.25) is 19.6 Å². The van der Waals surface area contributed by atoms with Crippen molar-refractivity contribution in [1.29, 1.82) is 0 Å². The Hall–Kier alpha value is -13.4. The maximum absolute atomic E-state index is 5.51. The summed E-state index contributed by atoms with van der Waals surface area (Å²) in [4.78, 5) is 0. The molecule has 0 saturated heterocycles. The Morgan fingerprint density at radius 2 is 0.358 bits per heavy atom. The summed E-state index contributed by atoms with van der Waals surface area (Å²) in [6.07, 6.45) is 21.8. The van der Waals surface area contributed by atoms with Gasteiger partial charge < -0.3 is 0 Å². The molecule has 0 heterocycles. The lowest BCUT2D eigenvalue weighted by atomic mass is 9.92. The Labute approximate surface area is 651 Å². The summed E-state index contributed by atoms with van der Waals surface area (Å²) in [5.41, 5.74) is 34.5. The normalized spacial score (nSPS) is 10.0. The van der Waals surface area contributed by atoms with Gasteiger partial charge in [0.2, 0.25) is 0 Å². The fourth-order valence-corrected chi connectivity index (χ4v) is 12.2. The number of aryl methyl sites for hydroxylation is 5. The van der Waals surface area contributed by atoms with Gasteiger partial charge in [-0.15, -0.1) is 30.7 Å². The van der Waals surface area contributed by atoms with Gasteiger partial charge in [-0.1, -0.05) is 253 Å². The van der Waals surface area contributed by atoms with E-state index < -0.39 is 8.07 Å². The molecule has 1 heteroatoms. The van der Waals surface area contributed by atoms with Crippen molar-refractivity contribution in [3.05, 3.63) is 392 Å². The quantitative estimate of drug-likeness (QED) is 0.0894. The van der Waals surface area contributed by atoms with E-state index in [-0.39, 0.29) is 0 Å². The van der Waals surface area contributed by atoms with Gasteiger partial charge in [0.25, 0.3) is 0 Å². The monoisotopic (exact) mass is 1410 g/mol. The van der Waals surface area contributed by atoms with E-state index in [0.717, 1.165) is 160 Å². The molecular weight excluding hydrogens is 1330 g/mol. The fourth-order valence-electron chi connectivity index (χ4n) is 11.7. The molecule has 109 heavy (non-hydrogen) atoms. The summed E-state index contributed by atoms with van der Waals surface area (Å²) < 4.78 is 0. The second-order valence-electron chi connectivity index (χ2n) is 27.4. The summed E-state index contributed by atoms with van der Waals surface area (Å²) in [7, 11) is -1.22. The molecule has 0 aromatic heterocycles. The number of hydrogen-bond acceptors (Lipinski definition) is 0. The minimum absolute atomic E-state index is 0.866. The molecule has 0 aliphatic carbocycles. The van der Waals surface area contributed by atoms with E-state index in [1.165, 1.54) is 27.8 Å². The minimum atomic E-state index is -1.22. The van der Waals surface area contributed by atoms with Crippen LogP contribution in [-0.2, 0) is 32.1 Å². The molecule has 0 atom stereocenters. The van der Waals surface area contributed by atoms with Gasteiger partial charge in [0.15, 0.2) is 0 Å². The van der Waals surface area contributed by atoms with Gasteiger partial charge in [0.05, 0.1) is 0 Å². The molecule has 0 spiro atoms. The zero-order valence-corrected chi connectivity index (χ0v) is 65.1. The van der Waals surface area contributed by atoms with Gasteiger partial charge in [0, 0.05) is 61.2 Å². The zero-order valence-electron chi connectivity index (χ0n) is 64.1. The van der Waals surface area contributed by atoms with Gasteiger partial charge in [-0.25, -0.2) is 0 Å². The third-order valence-electron chi connectivity index (χ3n) is 18.4. The molecule has 13 rings (SSSR count). The number of rotatable bonds is 11. The molecule has 0 aliphatic rings. The van der Waals surface area contributed by atoms with Gasteiger partial charge in [-0.05, 0) is 303 Å². The summed E-state index contributed by atoms with van der Waals surface area (Å²) >= 11 is 0. The van der Waals surface area contributed by atoms with Gasteiger partial charge >= 0.3 is 0 Å². The van der Waals surface area contributed by atoms with E-state index in [1.54, 1.807) is 0 Å². The van der Waals surface area contributed by atoms with Gasteiger partial charge in [0.1, 0.15) is 8.07 Å². The first kappa shape index (κ1) is 78.2. The molecule has 13 aromatic carbocycles. The summed E-state index contributed by atoms with van der Waals surface area (Å²) in [6.45, 7) is 19.5. The lowest BCUT2D eigenvalue weighted by molar-refractivity contribution is 1.14. The van der Waals surface area contributed by atoms with E-state index >= 15 is 0 Å². The molecule has 0 bridgehead atoms. The van der Waals surface area contributed by atoms with Crippen molar-refractivity contribution in [3.63, 3.8) is 0 Å². The van der Waals surface area contributed by atoms with E-state index in [4.69, 9.17) is 19.3 Å². The molecule has 0 amide bonds. The molecule has 0 aliphatic heterocycles. The first-order valence-electron chi connectivity index (χ1n) is 37.4. The maximum Gasteiger partial charge on any atom is 0.129 e. The molecule has 0 nitrogen and oxygen atoms in total. The molecule has 0 unspecified atom stereocenters. The van der Waals surface area contributed by atoms with E-state index in [1.807, 2.05) is 43.3 Å². The van der Waals surface area contributed by atoms with Crippen molar-refractivity contribution < 1.29 is 0 Å². The number of benzene rings is 13. The molecule has 0 N–H and O–H groups in total. The molecule has 0 fully saturated rings. The van der Waals surface area contributed by atoms with Crippen LogP contribution < -0.4 is 0 Å². The Kier molecular flexibility index (Phi) is 28.4. The molecule has 526 valence electrons. The number of hydrogen-bond donors (Lipinski definition) is 0. The average molecular weight is 1420 g/mol. The Bertz CT molecular complexity index is 5180. The van der Waals surface area contributed by atoms with Crippen LogP contribution in [0.3, 0.4) is 0 Å². The average Bonchev–Trinajstić information content (AvgIpc) is 0.803. The van der Waals surface area contributed by atoms with Gasteiger partial charge in [-0.2, -0.15) is 0 Å². The zero-order chi connectivity index (χ0) is 76.7. The SMILES string of the molecule is C#Cc1ccc(-c2cc(-c3ccc(C#C)cc3)cc(-c3ccc(C#C)cc3)c2)cc1.CC#Cc1ccc(CC)cc1.CCc1ccc(C#C[Si](C)(C)C)cc1.CCc1ccc(C#Cc2ccc(-c3cc(-c4ccc(C#Cc5ccc(CC)cc5)cc4)cc(-c4ccc(C#Cc5ccc(CC)cc5)cc4)c3)cc2)cc1. The topological polar surface area (TPSA) is 0 Å². The van der Waals surface area contributed by atoms with E-state index in [0.29, 0.717) is 0 Å². The highest BCUT2D eigenvalue weighted by Crippen LogP contribution is 2.36. The molecule has 0 saturated carbocycles. The summed E-state index contributed by atoms with van der Waals surface area (Å²) in [6, 6.07) is 106. The van der Waals surface area contributed by atoms with Crippen LogP contribution >= 0.6 is 0 Å². The fraction of sp³-hybridized carbons (Fsp3) is 0.130. The third kappa shape index (κ3) is 23.8. The Morgan fingerprint density at radius 1 is 0.202 bits per heavy atom. The Balaban J connectivity index is 0.000000190. The maximum atomic E-state index is 5.51. The molecular formula is C108H90Si. The van der Waals surface area contributed by atoms with Crippen LogP contribution in [0.5, 0.6) is 0 Å². The van der Waals surface area contributed by atoms with Crippen molar-refractivity contribution in [3.8, 4) is 163 Å². The van der Waals surface area contributed by atoms with Crippen LogP contribution in [0, 0.1) is 95.9 Å². The van der Waals surface area contributed by atoms with Crippen LogP contribution in [0.25, 0.3) is 66.8 Å². The molecule has 0 radical (unpaired) electrons. The van der Waals surface area contributed by atoms with Gasteiger partial charge in [-0.3, -0.25) is 0 Å². The predicted octanol–water partition coefficient (Wildman–Crippen LogP) is 25.3. The van der Waals surface area contributed by atoms with Crippen molar-refractivity contribution in [2.24, 2.45) is 0 Å². The van der Waals surface area contributed by atoms with Crippen LogP contribution in [0.1, 0.15) is 131 Å². The van der Waals surface area contributed by atoms with Crippen molar-refractivity contribution in [2.45, 2.75) is 93.3 Å². The smallest absolute Gasteiger partial charge is 0.127 e. The van der Waals surface area contributed by atoms with Crippen LogP contribution in [-0.4, -0.2) is 8.07 Å². The minimum Gasteiger partial charge on any atom is -0.127 e. The first-order chi connectivity index (χ1) is 53.1. The highest BCUT2D eigenvalue weighted by atomic mass is 28.3. The second kappa shape index (κ2) is 39.6. The Morgan fingerprint density at radius 3 is 0.514 bits per heavy atom. The third-order valence-corrected chi connectivity index (χ3v) is 19.3. The highest BCUT2D eigenvalue weighted by Gasteiger charge is 2.12. The predicted molar refractivity (Wildman–Crippen MR) is 469 cm³/mol. The molecule has 13 aromatic rings. The second-order valence-corrected chi connectivity index (χ2v) is 32.1. The summed E-state index contributed by atoms with van der Waals surface area (Å²) in [5.74, 6) is 37.1. The lowest BCUT2D eigenvalue weighted by Crippen LogP contribution is -2.16. The highest BCUT2D eigenvalue weighted by molar-refractivity contribution is 6.83. The standard InChI is InChI=1S/C54H42.C30H18.C13H18Si.C11H12/c1-4-40-7-13-43(14-8-40)19-22-46-25-31-49(32-26-46)52-37-53(50-33-27-47(28-34-50)23-20-44-15-9-41(5-2)10-16-44)39-54(38-52)51-35-29-48(30-36-51)24-21-45-17-11-42(6-3)12-18-45;1-4-22-7-13-25(14-8-22)28-19-29(26-15-9-23(5-2)10-16-26)21-30(20-28)27-17-11-24(6-3)12-18-27;1-5-12-6-8-13(9-7-12)10-11-14(2,3)4;1-3-5-11-8-6-10(4-2)7-9-11/h7-18,25-39H,4-6H2,1-3H3;1-3,7-21H;6-9H,5H2,1-4H3;6-9H,4H2,1-2H3. The number of terminal acetylenes is 3. The van der Waals surface area contributed by atoms with Crippen LogP contribution in [0.4, 0.5) is 0 Å². The first-order valence-corrected chi connectivity index (χ1v) is 40.9. The van der Waals surface area contributed by atoms with Crippen molar-refractivity contribution >= 4 is 8.07 Å². The van der Waals surface area contributed by atoms with E-state index in [9.17, 15) is 0 Å².